The van der Waals surface area contributed by atoms with E-state index in [4.69, 9.17) is 16.7 Å². The van der Waals surface area contributed by atoms with E-state index in [2.05, 4.69) is 33.1 Å². The van der Waals surface area contributed by atoms with Gasteiger partial charge in [0.2, 0.25) is 0 Å². The molecular formula is C11H10BrClN2O3. The molecule has 7 heteroatoms. The summed E-state index contributed by atoms with van der Waals surface area (Å²) in [4.78, 5) is 22.4. The number of amides is 2. The quantitative estimate of drug-likeness (QED) is 0.792. The van der Waals surface area contributed by atoms with Crippen molar-refractivity contribution in [2.24, 2.45) is 0 Å². The Hall–Kier alpha value is -1.53. The van der Waals surface area contributed by atoms with Crippen molar-refractivity contribution in [3.63, 3.8) is 0 Å². The molecule has 5 nitrogen and oxygen atoms in total. The topological polar surface area (TPSA) is 78.4 Å². The summed E-state index contributed by atoms with van der Waals surface area (Å²) in [7, 11) is 0. The third kappa shape index (κ3) is 4.38. The molecule has 0 aliphatic carbocycles. The van der Waals surface area contributed by atoms with Crippen LogP contribution in [0.2, 0.25) is 5.02 Å². The summed E-state index contributed by atoms with van der Waals surface area (Å²) in [5.41, 5.74) is 0.0971. The fourth-order valence-corrected chi connectivity index (χ4v) is 1.46. The Bertz CT molecular complexity index is 505. The van der Waals surface area contributed by atoms with Gasteiger partial charge in [-0.05, 0) is 18.2 Å². The maximum Gasteiger partial charge on any atom is 0.337 e. The standard InChI is InChI=1S/C11H10BrClN2O3/c1-6(12)5-14-11(18)15-9-3-2-7(13)4-8(9)10(16)17/h2-4H,1,5H2,(H,16,17)(H2,14,15,18). The van der Waals surface area contributed by atoms with Crippen molar-refractivity contribution in [3.05, 3.63) is 39.8 Å². The molecule has 0 atom stereocenters. The van der Waals surface area contributed by atoms with Crippen molar-refractivity contribution in [2.45, 2.75) is 0 Å². The van der Waals surface area contributed by atoms with Crippen LogP contribution in [0.3, 0.4) is 0 Å². The van der Waals surface area contributed by atoms with Gasteiger partial charge >= 0.3 is 12.0 Å². The molecule has 0 saturated heterocycles. The van der Waals surface area contributed by atoms with E-state index >= 15 is 0 Å². The maximum atomic E-state index is 11.5. The molecule has 96 valence electrons. The lowest BCUT2D eigenvalue weighted by Crippen LogP contribution is -2.30. The third-order valence-electron chi connectivity index (χ3n) is 1.90. The lowest BCUT2D eigenvalue weighted by Gasteiger charge is -2.09. The molecule has 1 rings (SSSR count). The van der Waals surface area contributed by atoms with E-state index in [1.165, 1.54) is 18.2 Å². The molecule has 1 aromatic carbocycles. The summed E-state index contributed by atoms with van der Waals surface area (Å²) < 4.78 is 0.604. The number of aromatic carboxylic acids is 1. The summed E-state index contributed by atoms with van der Waals surface area (Å²) in [6.45, 7) is 3.79. The zero-order valence-electron chi connectivity index (χ0n) is 9.17. The number of carbonyl (C=O) groups is 2. The van der Waals surface area contributed by atoms with E-state index in [9.17, 15) is 9.59 Å². The van der Waals surface area contributed by atoms with Gasteiger partial charge in [0.1, 0.15) is 0 Å². The number of benzene rings is 1. The van der Waals surface area contributed by atoms with Crippen molar-refractivity contribution >= 4 is 45.2 Å². The molecular weight excluding hydrogens is 323 g/mol. The number of urea groups is 1. The third-order valence-corrected chi connectivity index (χ3v) is 2.42. The second-order valence-electron chi connectivity index (χ2n) is 3.32. The van der Waals surface area contributed by atoms with Gasteiger partial charge in [-0.3, -0.25) is 0 Å². The van der Waals surface area contributed by atoms with Crippen LogP contribution in [0, 0.1) is 0 Å². The van der Waals surface area contributed by atoms with Crippen molar-refractivity contribution in [2.75, 3.05) is 11.9 Å². The predicted octanol–water partition coefficient (Wildman–Crippen LogP) is 3.07. The van der Waals surface area contributed by atoms with E-state index in [0.717, 1.165) is 0 Å². The average molecular weight is 334 g/mol. The number of hydrogen-bond donors (Lipinski definition) is 3. The van der Waals surface area contributed by atoms with Crippen molar-refractivity contribution in [1.29, 1.82) is 0 Å². The first-order valence-corrected chi connectivity index (χ1v) is 5.98. The Labute approximate surface area is 117 Å². The Morgan fingerprint density at radius 2 is 2.11 bits per heavy atom. The maximum absolute atomic E-state index is 11.5. The largest absolute Gasteiger partial charge is 0.478 e. The minimum Gasteiger partial charge on any atom is -0.478 e. The lowest BCUT2D eigenvalue weighted by atomic mass is 10.2. The summed E-state index contributed by atoms with van der Waals surface area (Å²) in [6.07, 6.45) is 0. The van der Waals surface area contributed by atoms with E-state index in [0.29, 0.717) is 4.48 Å². The first-order valence-electron chi connectivity index (χ1n) is 4.81. The molecule has 0 radical (unpaired) electrons. The number of hydrogen-bond acceptors (Lipinski definition) is 2. The highest BCUT2D eigenvalue weighted by atomic mass is 79.9. The van der Waals surface area contributed by atoms with Gasteiger partial charge < -0.3 is 15.7 Å². The molecule has 0 aliphatic heterocycles. The van der Waals surface area contributed by atoms with Gasteiger partial charge in [-0.1, -0.05) is 34.1 Å². The van der Waals surface area contributed by atoms with Crippen LogP contribution in [-0.2, 0) is 0 Å². The molecule has 0 aromatic heterocycles. The van der Waals surface area contributed by atoms with Gasteiger partial charge in [-0.25, -0.2) is 9.59 Å². The molecule has 3 N–H and O–H groups in total. The number of carbonyl (C=O) groups excluding carboxylic acids is 1. The van der Waals surface area contributed by atoms with E-state index in [1.54, 1.807) is 0 Å². The van der Waals surface area contributed by atoms with Gasteiger partial charge in [-0.15, -0.1) is 0 Å². The lowest BCUT2D eigenvalue weighted by molar-refractivity contribution is 0.0698. The van der Waals surface area contributed by atoms with Crippen LogP contribution >= 0.6 is 27.5 Å². The van der Waals surface area contributed by atoms with Crippen LogP contribution in [0.15, 0.2) is 29.3 Å². The van der Waals surface area contributed by atoms with Gasteiger partial charge in [0, 0.05) is 9.51 Å². The average Bonchev–Trinajstić information content (AvgIpc) is 2.28. The summed E-state index contributed by atoms with van der Waals surface area (Å²) in [5, 5.41) is 14.2. The number of anilines is 1. The van der Waals surface area contributed by atoms with Crippen LogP contribution < -0.4 is 10.6 Å². The van der Waals surface area contributed by atoms with E-state index in [1.807, 2.05) is 0 Å². The van der Waals surface area contributed by atoms with Gasteiger partial charge in [-0.2, -0.15) is 0 Å². The Kier molecular flexibility index (Phi) is 5.18. The fraction of sp³-hybridized carbons (Fsp3) is 0.0909. The Morgan fingerprint density at radius 3 is 2.67 bits per heavy atom. The number of nitrogens with one attached hydrogen (secondary N) is 2. The normalized spacial score (nSPS) is 9.67. The molecule has 0 heterocycles. The van der Waals surface area contributed by atoms with Crippen LogP contribution in [-0.4, -0.2) is 23.7 Å². The molecule has 18 heavy (non-hydrogen) atoms. The highest BCUT2D eigenvalue weighted by molar-refractivity contribution is 9.11. The van der Waals surface area contributed by atoms with Crippen LogP contribution in [0.4, 0.5) is 10.5 Å². The molecule has 1 aromatic rings. The van der Waals surface area contributed by atoms with Crippen molar-refractivity contribution in [1.82, 2.24) is 5.32 Å². The monoisotopic (exact) mass is 332 g/mol. The predicted molar refractivity (Wildman–Crippen MR) is 73.5 cm³/mol. The van der Waals surface area contributed by atoms with Crippen LogP contribution in [0.25, 0.3) is 0 Å². The summed E-state index contributed by atoms with van der Waals surface area (Å²) in [5.74, 6) is -1.17. The second kappa shape index (κ2) is 6.42. The number of carboxylic acids is 1. The van der Waals surface area contributed by atoms with Crippen molar-refractivity contribution < 1.29 is 14.7 Å². The van der Waals surface area contributed by atoms with E-state index in [-0.39, 0.29) is 22.8 Å². The molecule has 0 unspecified atom stereocenters. The zero-order chi connectivity index (χ0) is 13.7. The highest BCUT2D eigenvalue weighted by Crippen LogP contribution is 2.20. The van der Waals surface area contributed by atoms with Gasteiger partial charge in [0.05, 0.1) is 17.8 Å². The zero-order valence-corrected chi connectivity index (χ0v) is 11.5. The minimum absolute atomic E-state index is 0.0738. The molecule has 0 bridgehead atoms. The first-order chi connectivity index (χ1) is 8.40. The Morgan fingerprint density at radius 1 is 1.44 bits per heavy atom. The fourth-order valence-electron chi connectivity index (χ4n) is 1.15. The first kappa shape index (κ1) is 14.5. The molecule has 0 saturated carbocycles. The smallest absolute Gasteiger partial charge is 0.337 e. The molecule has 0 fully saturated rings. The number of rotatable bonds is 4. The SMILES string of the molecule is C=C(Br)CNC(=O)Nc1ccc(Cl)cc1C(=O)O. The van der Waals surface area contributed by atoms with Gasteiger partial charge in [0.15, 0.2) is 0 Å². The van der Waals surface area contributed by atoms with Crippen LogP contribution in [0.5, 0.6) is 0 Å². The minimum atomic E-state index is -1.17. The number of carboxylic acid groups (broad SMARTS) is 1. The second-order valence-corrected chi connectivity index (χ2v) is 4.88. The van der Waals surface area contributed by atoms with Crippen molar-refractivity contribution in [3.8, 4) is 0 Å². The molecule has 0 aliphatic rings. The van der Waals surface area contributed by atoms with E-state index < -0.39 is 12.0 Å². The Balaban J connectivity index is 2.81. The molecule has 0 spiro atoms. The summed E-state index contributed by atoms with van der Waals surface area (Å²) >= 11 is 8.78. The summed E-state index contributed by atoms with van der Waals surface area (Å²) in [6, 6.07) is 3.66. The van der Waals surface area contributed by atoms with Crippen LogP contribution in [0.1, 0.15) is 10.4 Å². The highest BCUT2D eigenvalue weighted by Gasteiger charge is 2.12. The van der Waals surface area contributed by atoms with Gasteiger partial charge in [0.25, 0.3) is 0 Å². The molecule has 2 amide bonds. The number of halogens is 2.